The van der Waals surface area contributed by atoms with Crippen LogP contribution >= 0.6 is 11.6 Å². The minimum Gasteiger partial charge on any atom is -0.368 e. The highest BCUT2D eigenvalue weighted by Crippen LogP contribution is 2.25. The zero-order chi connectivity index (χ0) is 17.6. The molecule has 3 aromatic rings. The smallest absolute Gasteiger partial charge is 0.162 e. The average Bonchev–Trinajstić information content (AvgIpc) is 2.65. The topological polar surface area (TPSA) is 41.0 Å². The molecule has 0 spiro atoms. The standard InChI is InChI=1S/C20H23ClN4/c1-3-25(4-2)14-13-22-20-17-7-5-6-8-18(17)23-19(24-20)15-9-11-16(21)12-10-15/h5-12H,3-4,13-14H2,1-2H3,(H,22,23,24). The number of nitrogens with one attached hydrogen (secondary N) is 1. The molecule has 25 heavy (non-hydrogen) atoms. The molecule has 130 valence electrons. The SMILES string of the molecule is CCN(CC)CCNc1nc(-c2ccc(Cl)cc2)nc2ccccc12. The molecule has 2 aromatic carbocycles. The molecule has 0 saturated carbocycles. The highest BCUT2D eigenvalue weighted by Gasteiger charge is 2.09. The van der Waals surface area contributed by atoms with Crippen LogP contribution in [-0.2, 0) is 0 Å². The van der Waals surface area contributed by atoms with E-state index in [1.54, 1.807) is 0 Å². The molecule has 0 aliphatic rings. The van der Waals surface area contributed by atoms with E-state index in [4.69, 9.17) is 21.6 Å². The van der Waals surface area contributed by atoms with Crippen LogP contribution in [0.3, 0.4) is 0 Å². The number of hydrogen-bond donors (Lipinski definition) is 1. The summed E-state index contributed by atoms with van der Waals surface area (Å²) in [6, 6.07) is 15.7. The van der Waals surface area contributed by atoms with Crippen molar-refractivity contribution >= 4 is 28.3 Å². The quantitative estimate of drug-likeness (QED) is 0.667. The van der Waals surface area contributed by atoms with Crippen LogP contribution in [0.4, 0.5) is 5.82 Å². The van der Waals surface area contributed by atoms with E-state index in [0.29, 0.717) is 10.8 Å². The number of aromatic nitrogens is 2. The second-order valence-electron chi connectivity index (χ2n) is 5.87. The molecule has 1 N–H and O–H groups in total. The van der Waals surface area contributed by atoms with Gasteiger partial charge in [-0.3, -0.25) is 0 Å². The van der Waals surface area contributed by atoms with Crippen molar-refractivity contribution in [1.82, 2.24) is 14.9 Å². The second-order valence-corrected chi connectivity index (χ2v) is 6.31. The summed E-state index contributed by atoms with van der Waals surface area (Å²) in [4.78, 5) is 11.9. The summed E-state index contributed by atoms with van der Waals surface area (Å²) >= 11 is 5.99. The second kappa shape index (κ2) is 8.28. The largest absolute Gasteiger partial charge is 0.368 e. The van der Waals surface area contributed by atoms with E-state index in [1.807, 2.05) is 42.5 Å². The van der Waals surface area contributed by atoms with Gasteiger partial charge in [0, 0.05) is 29.1 Å². The number of fused-ring (bicyclic) bond motifs is 1. The molecule has 0 atom stereocenters. The van der Waals surface area contributed by atoms with Crippen molar-refractivity contribution in [3.05, 3.63) is 53.6 Å². The van der Waals surface area contributed by atoms with Gasteiger partial charge < -0.3 is 10.2 Å². The summed E-state index contributed by atoms with van der Waals surface area (Å²) < 4.78 is 0. The Morgan fingerprint density at radius 1 is 0.960 bits per heavy atom. The average molecular weight is 355 g/mol. The van der Waals surface area contributed by atoms with Crippen molar-refractivity contribution in [1.29, 1.82) is 0 Å². The van der Waals surface area contributed by atoms with Gasteiger partial charge in [-0.1, -0.05) is 37.6 Å². The van der Waals surface area contributed by atoms with Crippen molar-refractivity contribution in [3.8, 4) is 11.4 Å². The van der Waals surface area contributed by atoms with Gasteiger partial charge in [0.05, 0.1) is 5.52 Å². The fourth-order valence-corrected chi connectivity index (χ4v) is 2.94. The van der Waals surface area contributed by atoms with Crippen molar-refractivity contribution in [2.24, 2.45) is 0 Å². The summed E-state index contributed by atoms with van der Waals surface area (Å²) in [7, 11) is 0. The third-order valence-electron chi connectivity index (χ3n) is 4.32. The Balaban J connectivity index is 1.91. The summed E-state index contributed by atoms with van der Waals surface area (Å²) in [6.07, 6.45) is 0. The van der Waals surface area contributed by atoms with Crippen LogP contribution in [0.1, 0.15) is 13.8 Å². The Hall–Kier alpha value is -2.17. The minimum absolute atomic E-state index is 0.709. The number of anilines is 1. The highest BCUT2D eigenvalue weighted by atomic mass is 35.5. The Labute approximate surface area is 153 Å². The van der Waals surface area contributed by atoms with E-state index in [1.165, 1.54) is 0 Å². The van der Waals surface area contributed by atoms with Crippen molar-refractivity contribution in [3.63, 3.8) is 0 Å². The molecular formula is C20H23ClN4. The molecule has 0 fully saturated rings. The maximum Gasteiger partial charge on any atom is 0.162 e. The highest BCUT2D eigenvalue weighted by molar-refractivity contribution is 6.30. The van der Waals surface area contributed by atoms with Crippen molar-refractivity contribution < 1.29 is 0 Å². The maximum absolute atomic E-state index is 5.99. The van der Waals surface area contributed by atoms with E-state index in [2.05, 4.69) is 30.1 Å². The molecule has 1 heterocycles. The molecule has 0 amide bonds. The first kappa shape index (κ1) is 17.6. The first-order valence-electron chi connectivity index (χ1n) is 8.70. The van der Waals surface area contributed by atoms with E-state index < -0.39 is 0 Å². The summed E-state index contributed by atoms with van der Waals surface area (Å²) in [5, 5.41) is 5.24. The van der Waals surface area contributed by atoms with Crippen molar-refractivity contribution in [2.45, 2.75) is 13.8 Å². The van der Waals surface area contributed by atoms with Gasteiger partial charge in [-0.05, 0) is 49.5 Å². The molecule has 5 heteroatoms. The molecule has 0 radical (unpaired) electrons. The van der Waals surface area contributed by atoms with E-state index >= 15 is 0 Å². The first-order chi connectivity index (χ1) is 12.2. The van der Waals surface area contributed by atoms with Crippen LogP contribution in [0.15, 0.2) is 48.5 Å². The third-order valence-corrected chi connectivity index (χ3v) is 4.57. The lowest BCUT2D eigenvalue weighted by molar-refractivity contribution is 0.316. The number of likely N-dealkylation sites (N-methyl/N-ethyl adjacent to an activating group) is 1. The lowest BCUT2D eigenvalue weighted by Gasteiger charge is -2.18. The number of halogens is 1. The van der Waals surface area contributed by atoms with Crippen LogP contribution in [-0.4, -0.2) is 41.0 Å². The lowest BCUT2D eigenvalue weighted by atomic mass is 10.2. The third kappa shape index (κ3) is 4.27. The van der Waals surface area contributed by atoms with Crippen molar-refractivity contribution in [2.75, 3.05) is 31.5 Å². The zero-order valence-corrected chi connectivity index (χ0v) is 15.4. The molecular weight excluding hydrogens is 332 g/mol. The molecule has 0 bridgehead atoms. The molecule has 3 rings (SSSR count). The Bertz CT molecular complexity index is 829. The van der Waals surface area contributed by atoms with E-state index in [9.17, 15) is 0 Å². The molecule has 1 aromatic heterocycles. The molecule has 0 unspecified atom stereocenters. The Kier molecular flexibility index (Phi) is 5.84. The lowest BCUT2D eigenvalue weighted by Crippen LogP contribution is -2.28. The normalized spacial score (nSPS) is 11.2. The van der Waals surface area contributed by atoms with Gasteiger partial charge in [-0.2, -0.15) is 0 Å². The minimum atomic E-state index is 0.709. The predicted octanol–water partition coefficient (Wildman–Crippen LogP) is 4.70. The Morgan fingerprint density at radius 2 is 1.68 bits per heavy atom. The number of benzene rings is 2. The number of nitrogens with zero attached hydrogens (tertiary/aromatic N) is 3. The van der Waals surface area contributed by atoms with E-state index in [0.717, 1.165) is 48.5 Å². The number of para-hydroxylation sites is 1. The van der Waals surface area contributed by atoms with Gasteiger partial charge in [-0.25, -0.2) is 9.97 Å². The summed E-state index contributed by atoms with van der Waals surface area (Å²) in [6.45, 7) is 8.31. The Morgan fingerprint density at radius 3 is 2.40 bits per heavy atom. The van der Waals surface area contributed by atoms with Gasteiger partial charge >= 0.3 is 0 Å². The van der Waals surface area contributed by atoms with Gasteiger partial charge in [0.1, 0.15) is 5.82 Å². The van der Waals surface area contributed by atoms with Gasteiger partial charge in [0.2, 0.25) is 0 Å². The van der Waals surface area contributed by atoms with Crippen LogP contribution in [0, 0.1) is 0 Å². The van der Waals surface area contributed by atoms with Crippen LogP contribution in [0.5, 0.6) is 0 Å². The van der Waals surface area contributed by atoms with Crippen LogP contribution in [0.2, 0.25) is 5.02 Å². The molecule has 4 nitrogen and oxygen atoms in total. The van der Waals surface area contributed by atoms with Gasteiger partial charge in [-0.15, -0.1) is 0 Å². The zero-order valence-electron chi connectivity index (χ0n) is 14.7. The summed E-state index contributed by atoms with van der Waals surface area (Å²) in [5.41, 5.74) is 1.90. The maximum atomic E-state index is 5.99. The molecule has 0 aliphatic heterocycles. The van der Waals surface area contributed by atoms with Crippen LogP contribution in [0.25, 0.3) is 22.3 Å². The predicted molar refractivity (Wildman–Crippen MR) is 106 cm³/mol. The summed E-state index contributed by atoms with van der Waals surface area (Å²) in [5.74, 6) is 1.59. The monoisotopic (exact) mass is 354 g/mol. The van der Waals surface area contributed by atoms with Gasteiger partial charge in [0.25, 0.3) is 0 Å². The van der Waals surface area contributed by atoms with Gasteiger partial charge in [0.15, 0.2) is 5.82 Å². The van der Waals surface area contributed by atoms with E-state index in [-0.39, 0.29) is 0 Å². The fraction of sp³-hybridized carbons (Fsp3) is 0.300. The molecule has 0 aliphatic carbocycles. The number of rotatable bonds is 7. The fourth-order valence-electron chi connectivity index (χ4n) is 2.81. The van der Waals surface area contributed by atoms with Crippen LogP contribution < -0.4 is 5.32 Å². The number of hydrogen-bond acceptors (Lipinski definition) is 4. The first-order valence-corrected chi connectivity index (χ1v) is 9.08. The molecule has 0 saturated heterocycles.